The fourth-order valence-corrected chi connectivity index (χ4v) is 2.61. The lowest BCUT2D eigenvalue weighted by Gasteiger charge is -2.07. The number of rotatable bonds is 8. The Labute approximate surface area is 155 Å². The molecule has 0 fully saturated rings. The fourth-order valence-electron chi connectivity index (χ4n) is 2.61. The average Bonchev–Trinajstić information content (AvgIpc) is 3.30. The molecular weight excluding hydrogens is 354 g/mol. The summed E-state index contributed by atoms with van der Waals surface area (Å²) in [6, 6.07) is 7.89. The normalized spacial score (nSPS) is 11.1. The molecule has 3 aromatic rings. The monoisotopic (exact) mass is 374 g/mol. The van der Waals surface area contributed by atoms with E-state index in [9.17, 15) is 13.6 Å². The Hall–Kier alpha value is -3.03. The van der Waals surface area contributed by atoms with Gasteiger partial charge in [-0.25, -0.2) is 9.97 Å². The second-order valence-corrected chi connectivity index (χ2v) is 6.11. The number of aromatic nitrogens is 3. The summed E-state index contributed by atoms with van der Waals surface area (Å²) in [6.45, 7) is -0.386. The molecule has 0 saturated heterocycles. The highest BCUT2D eigenvalue weighted by atomic mass is 19.3. The van der Waals surface area contributed by atoms with Crippen LogP contribution in [0.1, 0.15) is 30.2 Å². The molecule has 1 amide bonds. The van der Waals surface area contributed by atoms with Gasteiger partial charge in [0, 0.05) is 43.8 Å². The first-order chi connectivity index (χ1) is 13.0. The number of oxazole rings is 1. The van der Waals surface area contributed by atoms with Crippen molar-refractivity contribution in [2.24, 2.45) is 0 Å². The van der Waals surface area contributed by atoms with Crippen molar-refractivity contribution in [1.29, 1.82) is 0 Å². The molecule has 3 rings (SSSR count). The van der Waals surface area contributed by atoms with Gasteiger partial charge < -0.3 is 9.73 Å². The Kier molecular flexibility index (Phi) is 5.95. The van der Waals surface area contributed by atoms with E-state index < -0.39 is 6.55 Å². The van der Waals surface area contributed by atoms with E-state index in [2.05, 4.69) is 15.3 Å². The first kappa shape index (κ1) is 18.8. The Bertz CT molecular complexity index is 887. The van der Waals surface area contributed by atoms with Crippen molar-refractivity contribution in [2.75, 3.05) is 6.54 Å². The van der Waals surface area contributed by atoms with E-state index >= 15 is 0 Å². The maximum absolute atomic E-state index is 12.7. The Morgan fingerprint density at radius 3 is 2.74 bits per heavy atom. The fraction of sp³-hybridized carbons (Fsp3) is 0.316. The van der Waals surface area contributed by atoms with Crippen LogP contribution in [0.3, 0.4) is 0 Å². The molecule has 6 nitrogen and oxygen atoms in total. The van der Waals surface area contributed by atoms with E-state index in [1.54, 1.807) is 6.20 Å². The van der Waals surface area contributed by atoms with Crippen LogP contribution in [0.5, 0.6) is 0 Å². The van der Waals surface area contributed by atoms with Crippen molar-refractivity contribution in [3.05, 3.63) is 60.1 Å². The number of hydrogen-bond donors (Lipinski definition) is 1. The lowest BCUT2D eigenvalue weighted by atomic mass is 10.1. The SMILES string of the molecule is Cc1ccc(-c2cnc(CCC(=O)NCCc3nccn3C(F)F)o2)cc1. The molecule has 0 aliphatic heterocycles. The number of hydrogen-bond acceptors (Lipinski definition) is 4. The number of carbonyl (C=O) groups excluding carboxylic acids is 1. The maximum atomic E-state index is 12.7. The van der Waals surface area contributed by atoms with Gasteiger partial charge in [0.1, 0.15) is 5.82 Å². The molecule has 0 spiro atoms. The predicted molar refractivity (Wildman–Crippen MR) is 95.2 cm³/mol. The van der Waals surface area contributed by atoms with Crippen molar-refractivity contribution in [2.45, 2.75) is 32.7 Å². The van der Waals surface area contributed by atoms with Crippen LogP contribution >= 0.6 is 0 Å². The zero-order chi connectivity index (χ0) is 19.2. The van der Waals surface area contributed by atoms with Crippen LogP contribution in [-0.2, 0) is 17.6 Å². The van der Waals surface area contributed by atoms with Crippen molar-refractivity contribution in [1.82, 2.24) is 19.9 Å². The summed E-state index contributed by atoms with van der Waals surface area (Å²) in [5.74, 6) is 1.18. The molecule has 0 radical (unpaired) electrons. The van der Waals surface area contributed by atoms with Crippen molar-refractivity contribution >= 4 is 5.91 Å². The van der Waals surface area contributed by atoms with Gasteiger partial charge in [0.2, 0.25) is 5.91 Å². The number of aryl methyl sites for hydroxylation is 2. The molecule has 0 saturated carbocycles. The van der Waals surface area contributed by atoms with Gasteiger partial charge in [-0.15, -0.1) is 0 Å². The van der Waals surface area contributed by atoms with Gasteiger partial charge in [-0.1, -0.05) is 29.8 Å². The molecule has 1 N–H and O–H groups in total. The first-order valence-electron chi connectivity index (χ1n) is 8.61. The molecule has 0 aliphatic rings. The number of benzene rings is 1. The highest BCUT2D eigenvalue weighted by Crippen LogP contribution is 2.21. The third-order valence-electron chi connectivity index (χ3n) is 4.09. The summed E-state index contributed by atoms with van der Waals surface area (Å²) in [6.07, 6.45) is 4.98. The minimum absolute atomic E-state index is 0.194. The minimum atomic E-state index is -2.63. The van der Waals surface area contributed by atoms with Gasteiger partial charge in [0.15, 0.2) is 11.7 Å². The van der Waals surface area contributed by atoms with Gasteiger partial charge in [-0.2, -0.15) is 8.78 Å². The van der Waals surface area contributed by atoms with Crippen LogP contribution in [0, 0.1) is 6.92 Å². The summed E-state index contributed by atoms with van der Waals surface area (Å²) < 4.78 is 31.9. The molecule has 1 aromatic carbocycles. The summed E-state index contributed by atoms with van der Waals surface area (Å²) >= 11 is 0. The van der Waals surface area contributed by atoms with E-state index in [1.807, 2.05) is 31.2 Å². The molecule has 142 valence electrons. The Morgan fingerprint density at radius 2 is 2.00 bits per heavy atom. The summed E-state index contributed by atoms with van der Waals surface area (Å²) in [5, 5.41) is 2.70. The topological polar surface area (TPSA) is 73.0 Å². The summed E-state index contributed by atoms with van der Waals surface area (Å²) in [5.41, 5.74) is 2.09. The van der Waals surface area contributed by atoms with Gasteiger partial charge in [0.25, 0.3) is 0 Å². The van der Waals surface area contributed by atoms with Crippen LogP contribution in [-0.4, -0.2) is 27.0 Å². The van der Waals surface area contributed by atoms with E-state index in [0.717, 1.165) is 15.7 Å². The van der Waals surface area contributed by atoms with E-state index in [1.165, 1.54) is 12.4 Å². The third-order valence-corrected chi connectivity index (χ3v) is 4.09. The zero-order valence-corrected chi connectivity index (χ0v) is 14.9. The van der Waals surface area contributed by atoms with Crippen molar-refractivity contribution in [3.63, 3.8) is 0 Å². The standard InChI is InChI=1S/C19H20F2N4O2/c1-13-2-4-14(5-3-13)15-12-24-18(27-15)7-6-17(26)23-9-8-16-22-10-11-25(16)19(20)21/h2-5,10-12,19H,6-9H2,1H3,(H,23,26). The minimum Gasteiger partial charge on any atom is -0.441 e. The lowest BCUT2D eigenvalue weighted by molar-refractivity contribution is -0.121. The number of nitrogens with zero attached hydrogens (tertiary/aromatic N) is 3. The Morgan fingerprint density at radius 1 is 1.22 bits per heavy atom. The number of nitrogens with one attached hydrogen (secondary N) is 1. The summed E-state index contributed by atoms with van der Waals surface area (Å²) in [7, 11) is 0. The second-order valence-electron chi connectivity index (χ2n) is 6.11. The van der Waals surface area contributed by atoms with Gasteiger partial charge in [0.05, 0.1) is 6.20 Å². The van der Waals surface area contributed by atoms with Gasteiger partial charge in [-0.05, 0) is 6.92 Å². The number of amides is 1. The lowest BCUT2D eigenvalue weighted by Crippen LogP contribution is -2.26. The van der Waals surface area contributed by atoms with E-state index in [0.29, 0.717) is 18.1 Å². The van der Waals surface area contributed by atoms with Crippen LogP contribution in [0.15, 0.2) is 47.3 Å². The van der Waals surface area contributed by atoms with Gasteiger partial charge >= 0.3 is 6.55 Å². The van der Waals surface area contributed by atoms with Crippen LogP contribution in [0.2, 0.25) is 0 Å². The van der Waals surface area contributed by atoms with Crippen LogP contribution in [0.25, 0.3) is 11.3 Å². The third kappa shape index (κ3) is 4.99. The van der Waals surface area contributed by atoms with Crippen molar-refractivity contribution < 1.29 is 18.0 Å². The molecule has 8 heteroatoms. The maximum Gasteiger partial charge on any atom is 0.319 e. The van der Waals surface area contributed by atoms with E-state index in [4.69, 9.17) is 4.42 Å². The number of halogens is 2. The summed E-state index contributed by atoms with van der Waals surface area (Å²) in [4.78, 5) is 20.0. The quantitative estimate of drug-likeness (QED) is 0.655. The molecule has 0 bridgehead atoms. The number of carbonyl (C=O) groups is 1. The zero-order valence-electron chi connectivity index (χ0n) is 14.9. The Balaban J connectivity index is 1.44. The molecule has 2 aromatic heterocycles. The molecule has 0 unspecified atom stereocenters. The average molecular weight is 374 g/mol. The molecule has 0 aliphatic carbocycles. The molecule has 0 atom stereocenters. The molecule has 2 heterocycles. The molecule has 27 heavy (non-hydrogen) atoms. The second kappa shape index (κ2) is 8.57. The number of imidazole rings is 1. The molecular formula is C19H20F2N4O2. The number of alkyl halides is 2. The highest BCUT2D eigenvalue weighted by Gasteiger charge is 2.12. The van der Waals surface area contributed by atoms with Crippen LogP contribution in [0.4, 0.5) is 8.78 Å². The predicted octanol–water partition coefficient (Wildman–Crippen LogP) is 3.53. The smallest absolute Gasteiger partial charge is 0.319 e. The first-order valence-corrected chi connectivity index (χ1v) is 8.61. The van der Waals surface area contributed by atoms with Crippen molar-refractivity contribution in [3.8, 4) is 11.3 Å². The van der Waals surface area contributed by atoms with E-state index in [-0.39, 0.29) is 31.1 Å². The van der Waals surface area contributed by atoms with Gasteiger partial charge in [-0.3, -0.25) is 9.36 Å². The van der Waals surface area contributed by atoms with Crippen LogP contribution < -0.4 is 5.32 Å². The highest BCUT2D eigenvalue weighted by molar-refractivity contribution is 5.76. The largest absolute Gasteiger partial charge is 0.441 e.